The smallest absolute Gasteiger partial charge is 0.238 e. The molecule has 21 heavy (non-hydrogen) atoms. The van der Waals surface area contributed by atoms with Crippen molar-refractivity contribution >= 4 is 17.3 Å². The number of carbonyl (C=O) groups excluding carboxylic acids is 1. The molecule has 0 spiro atoms. The van der Waals surface area contributed by atoms with Crippen molar-refractivity contribution in [3.05, 3.63) is 24.0 Å². The quantitative estimate of drug-likeness (QED) is 0.835. The molecule has 1 amide bonds. The Kier molecular flexibility index (Phi) is 4.49. The van der Waals surface area contributed by atoms with Crippen molar-refractivity contribution in [3.63, 3.8) is 0 Å². The number of halogens is 1. The first kappa shape index (κ1) is 15.7. The molecular weight excluding hydrogens is 273 g/mol. The van der Waals surface area contributed by atoms with Crippen LogP contribution < -0.4 is 11.1 Å². The fourth-order valence-corrected chi connectivity index (χ4v) is 2.73. The summed E-state index contributed by atoms with van der Waals surface area (Å²) in [5.74, 6) is -0.636. The van der Waals surface area contributed by atoms with E-state index in [2.05, 4.69) is 10.2 Å². The van der Waals surface area contributed by atoms with E-state index in [1.54, 1.807) is 0 Å². The SMILES string of the molecule is CC1CN(CC(=O)Nc2ccc(F)c(N)c2)CC(C)(C)O1. The fourth-order valence-electron chi connectivity index (χ4n) is 2.73. The summed E-state index contributed by atoms with van der Waals surface area (Å²) in [7, 11) is 0. The van der Waals surface area contributed by atoms with Gasteiger partial charge in [-0.3, -0.25) is 9.69 Å². The van der Waals surface area contributed by atoms with Crippen molar-refractivity contribution in [2.24, 2.45) is 0 Å². The average molecular weight is 295 g/mol. The molecule has 1 saturated heterocycles. The van der Waals surface area contributed by atoms with Gasteiger partial charge >= 0.3 is 0 Å². The summed E-state index contributed by atoms with van der Waals surface area (Å²) < 4.78 is 18.9. The van der Waals surface area contributed by atoms with E-state index >= 15 is 0 Å². The van der Waals surface area contributed by atoms with Gasteiger partial charge < -0.3 is 15.8 Å². The third kappa shape index (κ3) is 4.41. The number of nitrogen functional groups attached to an aromatic ring is 1. The minimum Gasteiger partial charge on any atom is -0.396 e. The number of hydrogen-bond acceptors (Lipinski definition) is 4. The molecule has 0 aromatic heterocycles. The molecule has 0 radical (unpaired) electrons. The Morgan fingerprint density at radius 2 is 2.29 bits per heavy atom. The van der Waals surface area contributed by atoms with Gasteiger partial charge in [0.25, 0.3) is 0 Å². The van der Waals surface area contributed by atoms with Crippen LogP contribution in [-0.4, -0.2) is 42.1 Å². The third-order valence-corrected chi connectivity index (χ3v) is 3.29. The number of nitrogens with two attached hydrogens (primary N) is 1. The Labute approximate surface area is 124 Å². The lowest BCUT2D eigenvalue weighted by molar-refractivity contribution is -0.136. The van der Waals surface area contributed by atoms with Crippen LogP contribution in [0.2, 0.25) is 0 Å². The fraction of sp³-hybridized carbons (Fsp3) is 0.533. The molecule has 3 N–H and O–H groups in total. The number of carbonyl (C=O) groups is 1. The molecule has 1 aliphatic rings. The van der Waals surface area contributed by atoms with E-state index < -0.39 is 5.82 Å². The van der Waals surface area contributed by atoms with Crippen LogP contribution in [0.5, 0.6) is 0 Å². The molecule has 5 nitrogen and oxygen atoms in total. The van der Waals surface area contributed by atoms with Crippen LogP contribution in [0.4, 0.5) is 15.8 Å². The second-order valence-electron chi connectivity index (χ2n) is 6.14. The molecule has 1 aromatic carbocycles. The first-order chi connectivity index (χ1) is 9.75. The van der Waals surface area contributed by atoms with Gasteiger partial charge in [0.05, 0.1) is 23.9 Å². The number of morpholine rings is 1. The second-order valence-corrected chi connectivity index (χ2v) is 6.14. The lowest BCUT2D eigenvalue weighted by Crippen LogP contribution is -2.53. The Morgan fingerprint density at radius 3 is 2.90 bits per heavy atom. The van der Waals surface area contributed by atoms with Crippen molar-refractivity contribution in [1.82, 2.24) is 4.90 Å². The monoisotopic (exact) mass is 295 g/mol. The van der Waals surface area contributed by atoms with E-state index in [-0.39, 0.29) is 29.8 Å². The van der Waals surface area contributed by atoms with Gasteiger partial charge in [-0.1, -0.05) is 0 Å². The van der Waals surface area contributed by atoms with E-state index in [4.69, 9.17) is 10.5 Å². The molecule has 116 valence electrons. The van der Waals surface area contributed by atoms with Crippen molar-refractivity contribution in [2.75, 3.05) is 30.7 Å². The highest BCUT2D eigenvalue weighted by molar-refractivity contribution is 5.92. The summed E-state index contributed by atoms with van der Waals surface area (Å²) >= 11 is 0. The Balaban J connectivity index is 1.93. The molecule has 1 aromatic rings. The highest BCUT2D eigenvalue weighted by atomic mass is 19.1. The lowest BCUT2D eigenvalue weighted by Gasteiger charge is -2.41. The normalized spacial score (nSPS) is 22.0. The minimum atomic E-state index is -0.489. The van der Waals surface area contributed by atoms with Crippen LogP contribution >= 0.6 is 0 Å². The van der Waals surface area contributed by atoms with E-state index in [1.807, 2.05) is 20.8 Å². The maximum Gasteiger partial charge on any atom is 0.238 e. The molecule has 6 heteroatoms. The molecule has 1 fully saturated rings. The van der Waals surface area contributed by atoms with Crippen LogP contribution in [0.25, 0.3) is 0 Å². The summed E-state index contributed by atoms with van der Waals surface area (Å²) in [5, 5.41) is 2.73. The Bertz CT molecular complexity index is 534. The van der Waals surface area contributed by atoms with Crippen LogP contribution in [-0.2, 0) is 9.53 Å². The highest BCUT2D eigenvalue weighted by Crippen LogP contribution is 2.21. The third-order valence-electron chi connectivity index (χ3n) is 3.29. The summed E-state index contributed by atoms with van der Waals surface area (Å²) in [4.78, 5) is 14.1. The van der Waals surface area contributed by atoms with Gasteiger partial charge in [-0.2, -0.15) is 0 Å². The molecule has 1 unspecified atom stereocenters. The molecule has 1 heterocycles. The van der Waals surface area contributed by atoms with Crippen LogP contribution in [0, 0.1) is 5.82 Å². The maximum absolute atomic E-state index is 13.1. The second kappa shape index (κ2) is 5.99. The summed E-state index contributed by atoms with van der Waals surface area (Å²) in [6.45, 7) is 7.68. The predicted octanol–water partition coefficient (Wildman–Crippen LogP) is 1.85. The predicted molar refractivity (Wildman–Crippen MR) is 80.5 cm³/mol. The number of benzene rings is 1. The molecule has 0 aliphatic carbocycles. The van der Waals surface area contributed by atoms with E-state index in [9.17, 15) is 9.18 Å². The van der Waals surface area contributed by atoms with Crippen molar-refractivity contribution < 1.29 is 13.9 Å². The Hall–Kier alpha value is -1.66. The van der Waals surface area contributed by atoms with E-state index in [1.165, 1.54) is 18.2 Å². The number of amides is 1. The number of nitrogens with one attached hydrogen (secondary N) is 1. The summed E-state index contributed by atoms with van der Waals surface area (Å²) in [6, 6.07) is 4.15. The number of anilines is 2. The van der Waals surface area contributed by atoms with Crippen molar-refractivity contribution in [2.45, 2.75) is 32.5 Å². The van der Waals surface area contributed by atoms with Gasteiger partial charge in [-0.05, 0) is 39.0 Å². The van der Waals surface area contributed by atoms with Crippen LogP contribution in [0.1, 0.15) is 20.8 Å². The van der Waals surface area contributed by atoms with Gasteiger partial charge in [-0.15, -0.1) is 0 Å². The molecule has 0 bridgehead atoms. The van der Waals surface area contributed by atoms with Crippen LogP contribution in [0.15, 0.2) is 18.2 Å². The zero-order valence-electron chi connectivity index (χ0n) is 12.6. The number of rotatable bonds is 3. The average Bonchev–Trinajstić information content (AvgIpc) is 2.31. The first-order valence-electron chi connectivity index (χ1n) is 7.00. The number of ether oxygens (including phenoxy) is 1. The van der Waals surface area contributed by atoms with E-state index in [0.717, 1.165) is 0 Å². The summed E-state index contributed by atoms with van der Waals surface area (Å²) in [5.41, 5.74) is 5.74. The van der Waals surface area contributed by atoms with Crippen molar-refractivity contribution in [1.29, 1.82) is 0 Å². The molecule has 2 rings (SSSR count). The minimum absolute atomic E-state index is 0.0222. The highest BCUT2D eigenvalue weighted by Gasteiger charge is 2.31. The largest absolute Gasteiger partial charge is 0.396 e. The topological polar surface area (TPSA) is 67.6 Å². The van der Waals surface area contributed by atoms with Gasteiger partial charge in [0, 0.05) is 18.8 Å². The van der Waals surface area contributed by atoms with Gasteiger partial charge in [0.1, 0.15) is 5.82 Å². The number of hydrogen-bond donors (Lipinski definition) is 2. The maximum atomic E-state index is 13.1. The molecule has 1 aliphatic heterocycles. The van der Waals surface area contributed by atoms with E-state index in [0.29, 0.717) is 18.8 Å². The van der Waals surface area contributed by atoms with Crippen LogP contribution in [0.3, 0.4) is 0 Å². The molecule has 1 atom stereocenters. The summed E-state index contributed by atoms with van der Waals surface area (Å²) in [6.07, 6.45) is 0.0861. The molecule has 0 saturated carbocycles. The number of nitrogens with zero attached hydrogens (tertiary/aromatic N) is 1. The standard InChI is InChI=1S/C15H22FN3O2/c1-10-7-19(9-15(2,3)21-10)8-14(20)18-11-4-5-12(16)13(17)6-11/h4-6,10H,7-9,17H2,1-3H3,(H,18,20). The van der Waals surface area contributed by atoms with Gasteiger partial charge in [0.2, 0.25) is 5.91 Å². The zero-order chi connectivity index (χ0) is 15.6. The Morgan fingerprint density at radius 1 is 1.57 bits per heavy atom. The zero-order valence-corrected chi connectivity index (χ0v) is 12.6. The van der Waals surface area contributed by atoms with Gasteiger partial charge in [0.15, 0.2) is 0 Å². The molecular formula is C15H22FN3O2. The lowest BCUT2D eigenvalue weighted by atomic mass is 10.1. The van der Waals surface area contributed by atoms with Crippen molar-refractivity contribution in [3.8, 4) is 0 Å². The first-order valence-corrected chi connectivity index (χ1v) is 7.00. The van der Waals surface area contributed by atoms with Gasteiger partial charge in [-0.25, -0.2) is 4.39 Å².